The zero-order chi connectivity index (χ0) is 14.5. The summed E-state index contributed by atoms with van der Waals surface area (Å²) in [6.07, 6.45) is 4.15. The van der Waals surface area contributed by atoms with Crippen LogP contribution in [0.3, 0.4) is 0 Å². The number of aliphatic hydroxyl groups is 1. The standard InChI is InChI=1S/C14H26N2O2S/c1-3-14(4-2,12(15)19)13(18)16-8-5-6-11(10-16)7-9-17/h11,17H,3-10H2,1-2H3,(H2,15,19). The Morgan fingerprint density at radius 1 is 1.47 bits per heavy atom. The number of carbonyl (C=O) groups is 1. The lowest BCUT2D eigenvalue weighted by Gasteiger charge is -2.39. The van der Waals surface area contributed by atoms with Gasteiger partial charge in [-0.3, -0.25) is 4.79 Å². The number of piperidine rings is 1. The first-order valence-corrected chi connectivity index (χ1v) is 7.62. The van der Waals surface area contributed by atoms with E-state index in [9.17, 15) is 4.79 Å². The maximum atomic E-state index is 12.8. The molecule has 4 nitrogen and oxygen atoms in total. The average molecular weight is 286 g/mol. The lowest BCUT2D eigenvalue weighted by molar-refractivity contribution is -0.140. The summed E-state index contributed by atoms with van der Waals surface area (Å²) in [4.78, 5) is 15.0. The zero-order valence-corrected chi connectivity index (χ0v) is 12.8. The maximum Gasteiger partial charge on any atom is 0.235 e. The van der Waals surface area contributed by atoms with Crippen LogP contribution in [0.25, 0.3) is 0 Å². The second kappa shape index (κ2) is 7.20. The van der Waals surface area contributed by atoms with Crippen LogP contribution in [0.2, 0.25) is 0 Å². The Bertz CT molecular complexity index is 327. The summed E-state index contributed by atoms with van der Waals surface area (Å²) in [6, 6.07) is 0. The van der Waals surface area contributed by atoms with Crippen LogP contribution in [0, 0.1) is 11.3 Å². The molecule has 1 amide bonds. The molecule has 0 radical (unpaired) electrons. The Morgan fingerprint density at radius 3 is 2.58 bits per heavy atom. The molecule has 1 fully saturated rings. The number of nitrogens with two attached hydrogens (primary N) is 1. The highest BCUT2D eigenvalue weighted by atomic mass is 32.1. The fourth-order valence-corrected chi connectivity index (χ4v) is 3.35. The lowest BCUT2D eigenvalue weighted by Crippen LogP contribution is -2.52. The van der Waals surface area contributed by atoms with Gasteiger partial charge in [0.1, 0.15) is 0 Å². The Labute approximate surface area is 121 Å². The Hall–Kier alpha value is -0.680. The van der Waals surface area contributed by atoms with Crippen molar-refractivity contribution < 1.29 is 9.90 Å². The van der Waals surface area contributed by atoms with E-state index in [2.05, 4.69) is 0 Å². The molecule has 1 aliphatic rings. The van der Waals surface area contributed by atoms with E-state index in [0.717, 1.165) is 32.4 Å². The van der Waals surface area contributed by atoms with Gasteiger partial charge in [0.05, 0.1) is 10.4 Å². The van der Waals surface area contributed by atoms with E-state index < -0.39 is 5.41 Å². The Kier molecular flexibility index (Phi) is 6.20. The first kappa shape index (κ1) is 16.4. The molecule has 1 unspecified atom stereocenters. The van der Waals surface area contributed by atoms with Crippen molar-refractivity contribution in [2.45, 2.75) is 46.0 Å². The summed E-state index contributed by atoms with van der Waals surface area (Å²) in [7, 11) is 0. The molecule has 0 aromatic carbocycles. The van der Waals surface area contributed by atoms with Gasteiger partial charge in [-0.15, -0.1) is 0 Å². The van der Waals surface area contributed by atoms with Gasteiger partial charge in [0.15, 0.2) is 0 Å². The monoisotopic (exact) mass is 286 g/mol. The summed E-state index contributed by atoms with van der Waals surface area (Å²) in [5.41, 5.74) is 5.15. The molecule has 1 saturated heterocycles. The van der Waals surface area contributed by atoms with Gasteiger partial charge < -0.3 is 15.7 Å². The van der Waals surface area contributed by atoms with Crippen molar-refractivity contribution in [1.82, 2.24) is 4.90 Å². The highest BCUT2D eigenvalue weighted by Gasteiger charge is 2.41. The molecule has 3 N–H and O–H groups in total. The van der Waals surface area contributed by atoms with Crippen LogP contribution in [0.1, 0.15) is 46.0 Å². The van der Waals surface area contributed by atoms with Crippen molar-refractivity contribution in [1.29, 1.82) is 0 Å². The van der Waals surface area contributed by atoms with E-state index in [1.54, 1.807) is 0 Å². The highest BCUT2D eigenvalue weighted by molar-refractivity contribution is 7.80. The molecular formula is C14H26N2O2S. The van der Waals surface area contributed by atoms with Gasteiger partial charge in [-0.1, -0.05) is 26.1 Å². The molecule has 110 valence electrons. The minimum Gasteiger partial charge on any atom is -0.396 e. The quantitative estimate of drug-likeness (QED) is 0.729. The Morgan fingerprint density at radius 2 is 2.11 bits per heavy atom. The molecule has 0 bridgehead atoms. The summed E-state index contributed by atoms with van der Waals surface area (Å²) in [5, 5.41) is 9.04. The third-order valence-corrected chi connectivity index (χ3v) is 4.82. The highest BCUT2D eigenvalue weighted by Crippen LogP contribution is 2.32. The third-order valence-electron chi connectivity index (χ3n) is 4.43. The van der Waals surface area contributed by atoms with Crippen molar-refractivity contribution in [3.8, 4) is 0 Å². The molecule has 0 spiro atoms. The Balaban J connectivity index is 2.82. The van der Waals surface area contributed by atoms with Gasteiger partial charge in [0, 0.05) is 19.7 Å². The van der Waals surface area contributed by atoms with Crippen LogP contribution in [0.4, 0.5) is 0 Å². The van der Waals surface area contributed by atoms with Crippen LogP contribution >= 0.6 is 12.2 Å². The molecule has 0 aliphatic carbocycles. The van der Waals surface area contributed by atoms with E-state index in [-0.39, 0.29) is 12.5 Å². The average Bonchev–Trinajstić information content (AvgIpc) is 2.41. The topological polar surface area (TPSA) is 66.6 Å². The molecule has 0 aromatic heterocycles. The summed E-state index contributed by atoms with van der Waals surface area (Å²) in [6.45, 7) is 5.63. The summed E-state index contributed by atoms with van der Waals surface area (Å²) < 4.78 is 0. The van der Waals surface area contributed by atoms with Crippen molar-refractivity contribution in [2.24, 2.45) is 17.1 Å². The molecule has 1 rings (SSSR count). The number of aliphatic hydroxyl groups excluding tert-OH is 1. The van der Waals surface area contributed by atoms with Crippen LogP contribution in [0.15, 0.2) is 0 Å². The van der Waals surface area contributed by atoms with Crippen molar-refractivity contribution in [3.05, 3.63) is 0 Å². The maximum absolute atomic E-state index is 12.8. The number of likely N-dealkylation sites (tertiary alicyclic amines) is 1. The molecule has 1 heterocycles. The van der Waals surface area contributed by atoms with Crippen molar-refractivity contribution >= 4 is 23.1 Å². The van der Waals surface area contributed by atoms with Crippen LogP contribution in [-0.4, -0.2) is 40.6 Å². The molecule has 19 heavy (non-hydrogen) atoms. The predicted octanol–water partition coefficient (Wildman–Crippen LogP) is 1.70. The fourth-order valence-electron chi connectivity index (χ4n) is 2.98. The van der Waals surface area contributed by atoms with E-state index in [1.165, 1.54) is 0 Å². The number of thiocarbonyl (C=S) groups is 1. The zero-order valence-electron chi connectivity index (χ0n) is 12.0. The summed E-state index contributed by atoms with van der Waals surface area (Å²) in [5.74, 6) is 0.480. The molecule has 1 aliphatic heterocycles. The van der Waals surface area contributed by atoms with Crippen molar-refractivity contribution in [2.75, 3.05) is 19.7 Å². The molecule has 1 atom stereocenters. The smallest absolute Gasteiger partial charge is 0.235 e. The number of rotatable bonds is 6. The van der Waals surface area contributed by atoms with Crippen LogP contribution < -0.4 is 5.73 Å². The SMILES string of the molecule is CCC(CC)(C(=O)N1CCCC(CCO)C1)C(N)=S. The predicted molar refractivity (Wildman–Crippen MR) is 80.8 cm³/mol. The van der Waals surface area contributed by atoms with Gasteiger partial charge in [0.25, 0.3) is 0 Å². The molecule has 0 saturated carbocycles. The lowest BCUT2D eigenvalue weighted by atomic mass is 9.80. The first-order valence-electron chi connectivity index (χ1n) is 7.22. The molecule has 5 heteroatoms. The number of hydrogen-bond acceptors (Lipinski definition) is 3. The first-order chi connectivity index (χ1) is 9.01. The number of carbonyl (C=O) groups excluding carboxylic acids is 1. The molecular weight excluding hydrogens is 260 g/mol. The second-order valence-corrected chi connectivity index (χ2v) is 5.86. The second-order valence-electron chi connectivity index (χ2n) is 5.43. The number of amides is 1. The normalized spacial score (nSPS) is 20.4. The largest absolute Gasteiger partial charge is 0.396 e. The number of hydrogen-bond donors (Lipinski definition) is 2. The van der Waals surface area contributed by atoms with Gasteiger partial charge in [-0.25, -0.2) is 0 Å². The van der Waals surface area contributed by atoms with Crippen molar-refractivity contribution in [3.63, 3.8) is 0 Å². The van der Waals surface area contributed by atoms with E-state index in [1.807, 2.05) is 18.7 Å². The van der Waals surface area contributed by atoms with Gasteiger partial charge in [-0.2, -0.15) is 0 Å². The van der Waals surface area contributed by atoms with Crippen LogP contribution in [-0.2, 0) is 4.79 Å². The summed E-state index contributed by atoms with van der Waals surface area (Å²) >= 11 is 5.14. The minimum absolute atomic E-state index is 0.0765. The van der Waals surface area contributed by atoms with E-state index in [0.29, 0.717) is 23.7 Å². The molecule has 0 aromatic rings. The van der Waals surface area contributed by atoms with Gasteiger partial charge in [0.2, 0.25) is 5.91 Å². The van der Waals surface area contributed by atoms with E-state index >= 15 is 0 Å². The van der Waals surface area contributed by atoms with Gasteiger partial charge in [-0.05, 0) is 38.0 Å². The number of nitrogens with zero attached hydrogens (tertiary/aromatic N) is 1. The minimum atomic E-state index is -0.684. The van der Waals surface area contributed by atoms with Crippen LogP contribution in [0.5, 0.6) is 0 Å². The van der Waals surface area contributed by atoms with Gasteiger partial charge >= 0.3 is 0 Å². The van der Waals surface area contributed by atoms with E-state index in [4.69, 9.17) is 23.1 Å². The fraction of sp³-hybridized carbons (Fsp3) is 0.857. The third kappa shape index (κ3) is 3.45.